The van der Waals surface area contributed by atoms with Gasteiger partial charge >= 0.3 is 0 Å². The molecule has 20 heavy (non-hydrogen) atoms. The Kier molecular flexibility index (Phi) is 4.67. The summed E-state index contributed by atoms with van der Waals surface area (Å²) in [6, 6.07) is 7.43. The van der Waals surface area contributed by atoms with Crippen molar-refractivity contribution >= 4 is 33.6 Å². The van der Waals surface area contributed by atoms with Crippen molar-refractivity contribution < 1.29 is 9.59 Å². The van der Waals surface area contributed by atoms with Crippen LogP contribution in [0.3, 0.4) is 0 Å². The Hall–Kier alpha value is -1.53. The van der Waals surface area contributed by atoms with E-state index in [1.807, 2.05) is 19.9 Å². The first-order valence-electron chi connectivity index (χ1n) is 6.39. The maximum Gasteiger partial charge on any atom is 0.264 e. The van der Waals surface area contributed by atoms with Gasteiger partial charge in [0.1, 0.15) is 11.8 Å². The van der Waals surface area contributed by atoms with E-state index in [1.54, 1.807) is 18.2 Å². The number of carbonyl (C=O) groups is 2. The number of carbonyl (C=O) groups excluding carboxylic acids is 2. The molecule has 0 saturated heterocycles. The third-order valence-electron chi connectivity index (χ3n) is 2.92. The molecule has 5 nitrogen and oxygen atoms in total. The van der Waals surface area contributed by atoms with E-state index in [1.165, 1.54) is 0 Å². The number of nitrogens with zero attached hydrogens (tertiary/aromatic N) is 1. The number of benzene rings is 1. The number of nitrogens with one attached hydrogen (secondary N) is 2. The van der Waals surface area contributed by atoms with Gasteiger partial charge < -0.3 is 10.6 Å². The van der Waals surface area contributed by atoms with E-state index in [9.17, 15) is 9.59 Å². The normalized spacial score (nSPS) is 19.0. The lowest BCUT2D eigenvalue weighted by atomic mass is 9.96. The third-order valence-corrected chi connectivity index (χ3v) is 3.64. The largest absolute Gasteiger partial charge is 0.312 e. The minimum absolute atomic E-state index is 0.255. The topological polar surface area (TPSA) is 70.6 Å². The predicted molar refractivity (Wildman–Crippen MR) is 80.6 cm³/mol. The first-order chi connectivity index (χ1) is 9.49. The highest BCUT2D eigenvalue weighted by atomic mass is 79.9. The highest BCUT2D eigenvalue weighted by Gasteiger charge is 2.34. The van der Waals surface area contributed by atoms with Gasteiger partial charge in [-0.1, -0.05) is 48.0 Å². The lowest BCUT2D eigenvalue weighted by molar-refractivity contribution is -0.129. The number of aliphatic imine (C=N–C) groups is 1. The zero-order chi connectivity index (χ0) is 14.7. The average Bonchev–Trinajstić information content (AvgIpc) is 2.38. The van der Waals surface area contributed by atoms with Crippen LogP contribution in [0.4, 0.5) is 0 Å². The van der Waals surface area contributed by atoms with Gasteiger partial charge in [0.2, 0.25) is 5.91 Å². The van der Waals surface area contributed by atoms with Crippen LogP contribution in [0, 0.1) is 0 Å². The molecule has 106 valence electrons. The molecule has 0 saturated carbocycles. The second kappa shape index (κ2) is 6.28. The molecule has 1 atom stereocenters. The summed E-state index contributed by atoms with van der Waals surface area (Å²) in [5.74, 6) is -1.27. The summed E-state index contributed by atoms with van der Waals surface area (Å²) in [5.41, 5.74) is 0.634. The van der Waals surface area contributed by atoms with Gasteiger partial charge in [0.15, 0.2) is 0 Å². The minimum Gasteiger partial charge on any atom is -0.312 e. The van der Waals surface area contributed by atoms with E-state index in [-0.39, 0.29) is 11.9 Å². The third kappa shape index (κ3) is 3.32. The summed E-state index contributed by atoms with van der Waals surface area (Å²) >= 11 is 3.36. The van der Waals surface area contributed by atoms with Gasteiger partial charge in [0.25, 0.3) is 5.91 Å². The molecule has 6 heteroatoms. The van der Waals surface area contributed by atoms with Crippen molar-refractivity contribution in [3.8, 4) is 0 Å². The van der Waals surface area contributed by atoms with Gasteiger partial charge in [0, 0.05) is 10.5 Å². The Morgan fingerprint density at radius 3 is 2.65 bits per heavy atom. The molecule has 0 aliphatic carbocycles. The van der Waals surface area contributed by atoms with E-state index in [0.29, 0.717) is 17.9 Å². The molecule has 0 aromatic heterocycles. The Morgan fingerprint density at radius 1 is 1.35 bits per heavy atom. The standard InChI is InChI=1S/C14H16BrN3O2/c1-8(2)16-7-11-17-13(19)12(14(20)18-11)9-5-3-4-6-10(9)15/h3-6,8,12,16H,7H2,1-2H3,(H,17,18,19,20). The van der Waals surface area contributed by atoms with Crippen LogP contribution in [-0.4, -0.2) is 30.2 Å². The number of hydrogen-bond acceptors (Lipinski definition) is 3. The number of hydrogen-bond donors (Lipinski definition) is 2. The molecule has 1 aromatic carbocycles. The Bertz CT molecular complexity index is 569. The molecule has 2 N–H and O–H groups in total. The SMILES string of the molecule is CC(C)NCC1=NC(=O)C(c2ccccc2Br)C(=O)N1. The van der Waals surface area contributed by atoms with Crippen molar-refractivity contribution in [3.63, 3.8) is 0 Å². The van der Waals surface area contributed by atoms with E-state index < -0.39 is 11.8 Å². The van der Waals surface area contributed by atoms with Gasteiger partial charge in [-0.15, -0.1) is 0 Å². The highest BCUT2D eigenvalue weighted by Crippen LogP contribution is 2.27. The number of amidine groups is 1. The molecule has 0 bridgehead atoms. The van der Waals surface area contributed by atoms with Crippen LogP contribution in [0.25, 0.3) is 0 Å². The Labute approximate surface area is 126 Å². The summed E-state index contributed by atoms with van der Waals surface area (Å²) in [4.78, 5) is 28.2. The summed E-state index contributed by atoms with van der Waals surface area (Å²) in [6.07, 6.45) is 0. The van der Waals surface area contributed by atoms with Crippen LogP contribution in [-0.2, 0) is 9.59 Å². The molecular formula is C14H16BrN3O2. The molecule has 1 aliphatic rings. The van der Waals surface area contributed by atoms with Crippen molar-refractivity contribution in [2.45, 2.75) is 25.8 Å². The average molecular weight is 338 g/mol. The first kappa shape index (κ1) is 14.9. The smallest absolute Gasteiger partial charge is 0.264 e. The molecule has 1 aliphatic heterocycles. The van der Waals surface area contributed by atoms with E-state index in [0.717, 1.165) is 4.47 Å². The van der Waals surface area contributed by atoms with Crippen LogP contribution in [0.1, 0.15) is 25.3 Å². The lowest BCUT2D eigenvalue weighted by Crippen LogP contribution is -2.47. The fourth-order valence-electron chi connectivity index (χ4n) is 1.92. The maximum atomic E-state index is 12.2. The van der Waals surface area contributed by atoms with Crippen molar-refractivity contribution in [1.82, 2.24) is 10.6 Å². The second-order valence-electron chi connectivity index (χ2n) is 4.88. The van der Waals surface area contributed by atoms with Crippen LogP contribution >= 0.6 is 15.9 Å². The number of amides is 2. The Morgan fingerprint density at radius 2 is 2.05 bits per heavy atom. The van der Waals surface area contributed by atoms with E-state index in [4.69, 9.17) is 0 Å². The summed E-state index contributed by atoms with van der Waals surface area (Å²) in [6.45, 7) is 4.34. The zero-order valence-electron chi connectivity index (χ0n) is 11.3. The predicted octanol–water partition coefficient (Wildman–Crippen LogP) is 1.59. The minimum atomic E-state index is -0.881. The van der Waals surface area contributed by atoms with Crippen LogP contribution in [0.5, 0.6) is 0 Å². The molecule has 1 heterocycles. The van der Waals surface area contributed by atoms with Crippen molar-refractivity contribution in [1.29, 1.82) is 0 Å². The summed E-state index contributed by atoms with van der Waals surface area (Å²) in [7, 11) is 0. The molecule has 2 rings (SSSR count). The monoisotopic (exact) mass is 337 g/mol. The van der Waals surface area contributed by atoms with Crippen LogP contribution < -0.4 is 10.6 Å². The van der Waals surface area contributed by atoms with Gasteiger partial charge in [-0.2, -0.15) is 4.99 Å². The molecule has 1 aromatic rings. The molecule has 0 fully saturated rings. The molecule has 0 spiro atoms. The molecular weight excluding hydrogens is 322 g/mol. The fraction of sp³-hybridized carbons (Fsp3) is 0.357. The highest BCUT2D eigenvalue weighted by molar-refractivity contribution is 9.10. The first-order valence-corrected chi connectivity index (χ1v) is 7.18. The maximum absolute atomic E-state index is 12.2. The van der Waals surface area contributed by atoms with E-state index >= 15 is 0 Å². The van der Waals surface area contributed by atoms with Crippen LogP contribution in [0.2, 0.25) is 0 Å². The fourth-order valence-corrected chi connectivity index (χ4v) is 2.43. The molecule has 0 radical (unpaired) electrons. The number of rotatable bonds is 4. The number of halogens is 1. The van der Waals surface area contributed by atoms with E-state index in [2.05, 4.69) is 31.6 Å². The van der Waals surface area contributed by atoms with Gasteiger partial charge in [-0.05, 0) is 11.6 Å². The zero-order valence-corrected chi connectivity index (χ0v) is 12.9. The van der Waals surface area contributed by atoms with Crippen molar-refractivity contribution in [3.05, 3.63) is 34.3 Å². The van der Waals surface area contributed by atoms with Gasteiger partial charge in [-0.3, -0.25) is 9.59 Å². The second-order valence-corrected chi connectivity index (χ2v) is 5.73. The summed E-state index contributed by atoms with van der Waals surface area (Å²) < 4.78 is 0.729. The molecule has 2 amide bonds. The van der Waals surface area contributed by atoms with Crippen molar-refractivity contribution in [2.24, 2.45) is 4.99 Å². The van der Waals surface area contributed by atoms with Crippen LogP contribution in [0.15, 0.2) is 33.7 Å². The van der Waals surface area contributed by atoms with Gasteiger partial charge in [-0.25, -0.2) is 0 Å². The Balaban J connectivity index is 2.21. The summed E-state index contributed by atoms with van der Waals surface area (Å²) in [5, 5.41) is 5.80. The van der Waals surface area contributed by atoms with Crippen molar-refractivity contribution in [2.75, 3.05) is 6.54 Å². The van der Waals surface area contributed by atoms with Gasteiger partial charge in [0.05, 0.1) is 6.54 Å². The molecule has 1 unspecified atom stereocenters. The lowest BCUT2D eigenvalue weighted by Gasteiger charge is -2.22. The quantitative estimate of drug-likeness (QED) is 0.819.